The molecule has 2 aromatic rings. The zero-order valence-electron chi connectivity index (χ0n) is 14.3. The molecule has 0 unspecified atom stereocenters. The molecule has 0 aliphatic carbocycles. The lowest BCUT2D eigenvalue weighted by Crippen LogP contribution is -2.35. The van der Waals surface area contributed by atoms with Crippen LogP contribution in [0.15, 0.2) is 59.6 Å². The van der Waals surface area contributed by atoms with Crippen molar-refractivity contribution < 1.29 is 19.1 Å². The van der Waals surface area contributed by atoms with Crippen LogP contribution in [0.1, 0.15) is 6.42 Å². The third-order valence-electron chi connectivity index (χ3n) is 3.82. The Morgan fingerprint density at radius 2 is 1.89 bits per heavy atom. The number of rotatable bonds is 6. The average Bonchev–Trinajstić information content (AvgIpc) is 2.93. The summed E-state index contributed by atoms with van der Waals surface area (Å²) < 4.78 is 12.9. The van der Waals surface area contributed by atoms with Crippen molar-refractivity contribution in [2.24, 2.45) is 4.99 Å². The molecule has 0 spiro atoms. The fraction of sp³-hybridized carbons (Fsp3) is 0.211. The molecule has 1 heterocycles. The van der Waals surface area contributed by atoms with E-state index in [1.165, 1.54) is 40.9 Å². The Bertz CT molecular complexity index is 843. The molecule has 27 heavy (non-hydrogen) atoms. The monoisotopic (exact) mass is 387 g/mol. The molecule has 140 valence electrons. The van der Waals surface area contributed by atoms with E-state index in [2.05, 4.69) is 10.3 Å². The summed E-state index contributed by atoms with van der Waals surface area (Å²) in [4.78, 5) is 30.7. The maximum Gasteiger partial charge on any atom is 0.242 e. The van der Waals surface area contributed by atoms with Gasteiger partial charge in [-0.05, 0) is 36.4 Å². The van der Waals surface area contributed by atoms with Gasteiger partial charge in [-0.25, -0.2) is 9.38 Å². The number of amides is 2. The number of hydrogen-bond acceptors (Lipinski definition) is 5. The third-order valence-corrected chi connectivity index (χ3v) is 5.00. The number of hydrogen-bond donors (Lipinski definition) is 2. The summed E-state index contributed by atoms with van der Waals surface area (Å²) in [6.07, 6.45) is -0.0450. The van der Waals surface area contributed by atoms with Crippen LogP contribution in [0.3, 0.4) is 0 Å². The fourth-order valence-corrected chi connectivity index (χ4v) is 3.74. The Morgan fingerprint density at radius 1 is 1.19 bits per heavy atom. The molecule has 3 rings (SSSR count). The Kier molecular flexibility index (Phi) is 6.20. The average molecular weight is 387 g/mol. The Morgan fingerprint density at radius 3 is 2.56 bits per heavy atom. The molecule has 8 heteroatoms. The van der Waals surface area contributed by atoms with E-state index < -0.39 is 11.1 Å². The van der Waals surface area contributed by atoms with Gasteiger partial charge in [0, 0.05) is 12.1 Å². The van der Waals surface area contributed by atoms with E-state index in [0.29, 0.717) is 16.5 Å². The summed E-state index contributed by atoms with van der Waals surface area (Å²) in [6, 6.07) is 14.6. The fourth-order valence-electron chi connectivity index (χ4n) is 2.56. The first-order valence-electron chi connectivity index (χ1n) is 8.35. The van der Waals surface area contributed by atoms with Crippen molar-refractivity contribution in [3.05, 3.63) is 60.4 Å². The number of carbonyl (C=O) groups is 2. The van der Waals surface area contributed by atoms with Crippen molar-refractivity contribution in [2.45, 2.75) is 11.7 Å². The Labute approximate surface area is 160 Å². The van der Waals surface area contributed by atoms with Crippen molar-refractivity contribution in [2.75, 3.05) is 18.5 Å². The number of aliphatic hydroxyl groups is 1. The number of aliphatic imine (C=N–C) groups is 1. The number of carbonyl (C=O) groups excluding carboxylic acids is 2. The van der Waals surface area contributed by atoms with Crippen molar-refractivity contribution in [1.82, 2.24) is 4.90 Å². The van der Waals surface area contributed by atoms with Crippen LogP contribution in [0, 0.1) is 5.82 Å². The second-order valence-corrected chi connectivity index (χ2v) is 6.98. The number of halogens is 1. The van der Waals surface area contributed by atoms with E-state index in [9.17, 15) is 19.1 Å². The molecule has 0 saturated carbocycles. The van der Waals surface area contributed by atoms with Gasteiger partial charge in [0.25, 0.3) is 0 Å². The van der Waals surface area contributed by atoms with E-state index in [0.717, 1.165) is 0 Å². The van der Waals surface area contributed by atoms with Gasteiger partial charge in [0.2, 0.25) is 11.8 Å². The van der Waals surface area contributed by atoms with Crippen molar-refractivity contribution >= 4 is 40.1 Å². The van der Waals surface area contributed by atoms with E-state index in [-0.39, 0.29) is 31.4 Å². The second-order valence-electron chi connectivity index (χ2n) is 5.81. The molecule has 6 nitrogen and oxygen atoms in total. The highest BCUT2D eigenvalue weighted by Gasteiger charge is 2.38. The molecular formula is C19H18FN3O3S. The van der Waals surface area contributed by atoms with Gasteiger partial charge in [0.1, 0.15) is 11.1 Å². The number of benzene rings is 2. The SMILES string of the molecule is O=C(C[C@@H]1SC(=Nc2ccccc2)N(CCO)C1=O)Nc1ccc(F)cc1. The van der Waals surface area contributed by atoms with Crippen LogP contribution < -0.4 is 5.32 Å². The van der Waals surface area contributed by atoms with Crippen molar-refractivity contribution in [1.29, 1.82) is 0 Å². The summed E-state index contributed by atoms with van der Waals surface area (Å²) in [7, 11) is 0. The molecule has 0 radical (unpaired) electrons. The molecule has 0 aromatic heterocycles. The number of thioether (sulfide) groups is 1. The first-order valence-corrected chi connectivity index (χ1v) is 9.23. The highest BCUT2D eigenvalue weighted by atomic mass is 32.2. The van der Waals surface area contributed by atoms with Crippen molar-refractivity contribution in [3.63, 3.8) is 0 Å². The van der Waals surface area contributed by atoms with Gasteiger partial charge < -0.3 is 10.4 Å². The molecule has 1 fully saturated rings. The minimum absolute atomic E-state index is 0.0450. The quantitative estimate of drug-likeness (QED) is 0.799. The number of amidine groups is 1. The van der Waals surface area contributed by atoms with Crippen LogP contribution >= 0.6 is 11.8 Å². The maximum absolute atomic E-state index is 12.9. The Balaban J connectivity index is 1.70. The second kappa shape index (κ2) is 8.79. The van der Waals surface area contributed by atoms with E-state index in [1.54, 1.807) is 0 Å². The molecular weight excluding hydrogens is 369 g/mol. The normalized spacial score (nSPS) is 18.1. The minimum atomic E-state index is -0.625. The van der Waals surface area contributed by atoms with Gasteiger partial charge >= 0.3 is 0 Å². The number of nitrogens with zero attached hydrogens (tertiary/aromatic N) is 2. The first kappa shape index (κ1) is 19.1. The van der Waals surface area contributed by atoms with Crippen LogP contribution in [0.5, 0.6) is 0 Å². The maximum atomic E-state index is 12.9. The van der Waals surface area contributed by atoms with Crippen LogP contribution in [0.4, 0.5) is 15.8 Å². The lowest BCUT2D eigenvalue weighted by atomic mass is 10.2. The largest absolute Gasteiger partial charge is 0.395 e. The molecule has 2 amide bonds. The molecule has 0 bridgehead atoms. The molecule has 2 N–H and O–H groups in total. The van der Waals surface area contributed by atoms with Gasteiger partial charge in [-0.15, -0.1) is 0 Å². The lowest BCUT2D eigenvalue weighted by Gasteiger charge is -2.14. The summed E-state index contributed by atoms with van der Waals surface area (Å²) in [5.41, 5.74) is 1.15. The smallest absolute Gasteiger partial charge is 0.242 e. The summed E-state index contributed by atoms with van der Waals surface area (Å²) in [5, 5.41) is 11.7. The molecule has 1 atom stereocenters. The third kappa shape index (κ3) is 4.93. The molecule has 1 aliphatic heterocycles. The van der Waals surface area contributed by atoms with Crippen LogP contribution in [0.25, 0.3) is 0 Å². The predicted octanol–water partition coefficient (Wildman–Crippen LogP) is 2.78. The van der Waals surface area contributed by atoms with Gasteiger partial charge in [-0.1, -0.05) is 30.0 Å². The topological polar surface area (TPSA) is 82.0 Å². The van der Waals surface area contributed by atoms with Gasteiger partial charge in [0.05, 0.1) is 18.8 Å². The molecule has 2 aromatic carbocycles. The Hall–Kier alpha value is -2.71. The minimum Gasteiger partial charge on any atom is -0.395 e. The van der Waals surface area contributed by atoms with Gasteiger partial charge in [0.15, 0.2) is 5.17 Å². The highest BCUT2D eigenvalue weighted by molar-refractivity contribution is 8.15. The number of anilines is 1. The zero-order valence-corrected chi connectivity index (χ0v) is 15.2. The van der Waals surface area contributed by atoms with E-state index >= 15 is 0 Å². The van der Waals surface area contributed by atoms with Gasteiger partial charge in [-0.3, -0.25) is 14.5 Å². The summed E-state index contributed by atoms with van der Waals surface area (Å²) in [6.45, 7) is -0.0812. The predicted molar refractivity (Wildman–Crippen MR) is 103 cm³/mol. The van der Waals surface area contributed by atoms with Crippen LogP contribution in [-0.4, -0.2) is 45.4 Å². The molecule has 1 saturated heterocycles. The van der Waals surface area contributed by atoms with Crippen molar-refractivity contribution in [3.8, 4) is 0 Å². The zero-order chi connectivity index (χ0) is 19.2. The first-order chi connectivity index (χ1) is 13.1. The molecule has 1 aliphatic rings. The van der Waals surface area contributed by atoms with Crippen LogP contribution in [-0.2, 0) is 9.59 Å². The standard InChI is InChI=1S/C19H18FN3O3S/c20-13-6-8-15(9-7-13)21-17(25)12-16-18(26)23(10-11-24)19(27-16)22-14-4-2-1-3-5-14/h1-9,16,24H,10-12H2,(H,21,25)/t16-/m0/s1. The highest BCUT2D eigenvalue weighted by Crippen LogP contribution is 2.31. The number of para-hydroxylation sites is 1. The summed E-state index contributed by atoms with van der Waals surface area (Å²) in [5.74, 6) is -1.01. The number of aliphatic hydroxyl groups excluding tert-OH is 1. The van der Waals surface area contributed by atoms with Crippen LogP contribution in [0.2, 0.25) is 0 Å². The van der Waals surface area contributed by atoms with E-state index in [4.69, 9.17) is 0 Å². The number of nitrogens with one attached hydrogen (secondary N) is 1. The van der Waals surface area contributed by atoms with E-state index in [1.807, 2.05) is 30.3 Å². The number of β-amino-alcohol motifs (C(OH)–C–C–N with tert-alkyl or cyclic N) is 1. The summed E-state index contributed by atoms with van der Waals surface area (Å²) >= 11 is 1.20. The lowest BCUT2D eigenvalue weighted by molar-refractivity contribution is -0.128. The van der Waals surface area contributed by atoms with Gasteiger partial charge in [-0.2, -0.15) is 0 Å².